The molecule has 0 unspecified atom stereocenters. The summed E-state index contributed by atoms with van der Waals surface area (Å²) in [6.07, 6.45) is 1.80. The van der Waals surface area contributed by atoms with Crippen LogP contribution in [0.4, 0.5) is 0 Å². The maximum atomic E-state index is 11.0. The second-order valence-corrected chi connectivity index (χ2v) is 2.95. The van der Waals surface area contributed by atoms with Crippen molar-refractivity contribution in [2.45, 2.75) is 39.2 Å². The Morgan fingerprint density at radius 3 is 2.77 bits per heavy atom. The van der Waals surface area contributed by atoms with E-state index in [1.807, 2.05) is 13.8 Å². The molecule has 74 valence electrons. The first-order valence-electron chi connectivity index (χ1n) is 4.37. The standard InChI is InChI=1S/C8H15N3O2/c1-7(2)13-8(12)5-3-4-6-10-11-9/h7H,3-6H2,1-2H3. The topological polar surface area (TPSA) is 75.1 Å². The van der Waals surface area contributed by atoms with Gasteiger partial charge in [-0.1, -0.05) is 5.11 Å². The largest absolute Gasteiger partial charge is 0.463 e. The predicted molar refractivity (Wildman–Crippen MR) is 49.1 cm³/mol. The molecule has 5 heteroatoms. The summed E-state index contributed by atoms with van der Waals surface area (Å²) in [5, 5.41) is 3.36. The summed E-state index contributed by atoms with van der Waals surface area (Å²) in [6, 6.07) is 0. The number of nitrogens with zero attached hydrogens (tertiary/aromatic N) is 3. The van der Waals surface area contributed by atoms with Crippen molar-refractivity contribution in [3.63, 3.8) is 0 Å². The Bertz CT molecular complexity index is 198. The van der Waals surface area contributed by atoms with E-state index in [2.05, 4.69) is 10.0 Å². The van der Waals surface area contributed by atoms with E-state index in [0.29, 0.717) is 19.4 Å². The smallest absolute Gasteiger partial charge is 0.306 e. The molecule has 0 N–H and O–H groups in total. The van der Waals surface area contributed by atoms with Crippen LogP contribution in [0.15, 0.2) is 5.11 Å². The molecule has 0 heterocycles. The summed E-state index contributed by atoms with van der Waals surface area (Å²) < 4.78 is 4.91. The van der Waals surface area contributed by atoms with Crippen LogP contribution in [0.5, 0.6) is 0 Å². The average molecular weight is 185 g/mol. The summed E-state index contributed by atoms with van der Waals surface area (Å²) in [5.41, 5.74) is 7.96. The fourth-order valence-corrected chi connectivity index (χ4v) is 0.818. The zero-order valence-corrected chi connectivity index (χ0v) is 8.06. The van der Waals surface area contributed by atoms with Gasteiger partial charge in [-0.2, -0.15) is 0 Å². The third kappa shape index (κ3) is 8.69. The first kappa shape index (κ1) is 11.8. The molecule has 0 saturated heterocycles. The Morgan fingerprint density at radius 1 is 1.54 bits per heavy atom. The highest BCUT2D eigenvalue weighted by Crippen LogP contribution is 2.00. The molecule has 0 aliphatic carbocycles. The van der Waals surface area contributed by atoms with E-state index in [1.165, 1.54) is 0 Å². The Balaban J connectivity index is 3.32. The molecule has 0 aromatic heterocycles. The number of hydrogen-bond donors (Lipinski definition) is 0. The van der Waals surface area contributed by atoms with Crippen molar-refractivity contribution in [1.29, 1.82) is 0 Å². The molecule has 0 bridgehead atoms. The normalized spacial score (nSPS) is 9.46. The van der Waals surface area contributed by atoms with Gasteiger partial charge in [0.2, 0.25) is 0 Å². The van der Waals surface area contributed by atoms with Gasteiger partial charge < -0.3 is 4.74 Å². The summed E-state index contributed by atoms with van der Waals surface area (Å²) >= 11 is 0. The third-order valence-electron chi connectivity index (χ3n) is 1.32. The fourth-order valence-electron chi connectivity index (χ4n) is 0.818. The Kier molecular flexibility index (Phi) is 6.73. The number of rotatable bonds is 6. The van der Waals surface area contributed by atoms with Crippen molar-refractivity contribution in [3.8, 4) is 0 Å². The number of hydrogen-bond acceptors (Lipinski definition) is 3. The van der Waals surface area contributed by atoms with Crippen molar-refractivity contribution >= 4 is 5.97 Å². The zero-order chi connectivity index (χ0) is 10.1. The van der Waals surface area contributed by atoms with Crippen LogP contribution in [-0.4, -0.2) is 18.6 Å². The molecule has 13 heavy (non-hydrogen) atoms. The first-order valence-corrected chi connectivity index (χ1v) is 4.37. The molecule has 0 atom stereocenters. The lowest BCUT2D eigenvalue weighted by Crippen LogP contribution is -2.10. The van der Waals surface area contributed by atoms with Crippen LogP contribution < -0.4 is 0 Å². The quantitative estimate of drug-likeness (QED) is 0.209. The predicted octanol–water partition coefficient (Wildman–Crippen LogP) is 2.42. The van der Waals surface area contributed by atoms with Crippen LogP contribution in [0, 0.1) is 0 Å². The van der Waals surface area contributed by atoms with Gasteiger partial charge >= 0.3 is 5.97 Å². The second-order valence-electron chi connectivity index (χ2n) is 2.95. The molecule has 0 radical (unpaired) electrons. The summed E-state index contributed by atoms with van der Waals surface area (Å²) in [4.78, 5) is 13.6. The summed E-state index contributed by atoms with van der Waals surface area (Å²) in [7, 11) is 0. The maximum absolute atomic E-state index is 11.0. The highest BCUT2D eigenvalue weighted by atomic mass is 16.5. The van der Waals surface area contributed by atoms with E-state index in [1.54, 1.807) is 0 Å². The highest BCUT2D eigenvalue weighted by molar-refractivity contribution is 5.69. The lowest BCUT2D eigenvalue weighted by atomic mass is 10.2. The van der Waals surface area contributed by atoms with Crippen LogP contribution in [0.2, 0.25) is 0 Å². The van der Waals surface area contributed by atoms with Gasteiger partial charge in [-0.05, 0) is 32.2 Å². The van der Waals surface area contributed by atoms with Crippen molar-refractivity contribution in [1.82, 2.24) is 0 Å². The molecule has 0 aromatic rings. The molecular weight excluding hydrogens is 170 g/mol. The Morgan fingerprint density at radius 2 is 2.23 bits per heavy atom. The van der Waals surface area contributed by atoms with Gasteiger partial charge in [0.1, 0.15) is 0 Å². The lowest BCUT2D eigenvalue weighted by molar-refractivity contribution is -0.147. The van der Waals surface area contributed by atoms with Gasteiger partial charge in [0.25, 0.3) is 0 Å². The van der Waals surface area contributed by atoms with Crippen LogP contribution in [-0.2, 0) is 9.53 Å². The van der Waals surface area contributed by atoms with Crippen molar-refractivity contribution in [2.75, 3.05) is 6.54 Å². The third-order valence-corrected chi connectivity index (χ3v) is 1.32. The van der Waals surface area contributed by atoms with Crippen LogP contribution in [0.3, 0.4) is 0 Å². The molecule has 5 nitrogen and oxygen atoms in total. The molecule has 0 aliphatic heterocycles. The second kappa shape index (κ2) is 7.43. The minimum absolute atomic E-state index is 0.0513. The Labute approximate surface area is 77.7 Å². The minimum Gasteiger partial charge on any atom is -0.463 e. The maximum Gasteiger partial charge on any atom is 0.306 e. The number of esters is 1. The zero-order valence-electron chi connectivity index (χ0n) is 8.06. The van der Waals surface area contributed by atoms with Gasteiger partial charge in [0, 0.05) is 17.9 Å². The van der Waals surface area contributed by atoms with Crippen LogP contribution >= 0.6 is 0 Å². The van der Waals surface area contributed by atoms with E-state index in [9.17, 15) is 4.79 Å². The van der Waals surface area contributed by atoms with Crippen molar-refractivity contribution < 1.29 is 9.53 Å². The van der Waals surface area contributed by atoms with Gasteiger partial charge in [-0.3, -0.25) is 4.79 Å². The van der Waals surface area contributed by atoms with Crippen LogP contribution in [0.25, 0.3) is 10.4 Å². The molecular formula is C8H15N3O2. The Hall–Kier alpha value is -1.22. The molecule has 0 aromatic carbocycles. The molecule has 0 rings (SSSR count). The van der Waals surface area contributed by atoms with Gasteiger partial charge in [0.05, 0.1) is 6.10 Å². The fraction of sp³-hybridized carbons (Fsp3) is 0.875. The van der Waals surface area contributed by atoms with E-state index >= 15 is 0 Å². The molecule has 0 fully saturated rings. The van der Waals surface area contributed by atoms with E-state index in [0.717, 1.165) is 6.42 Å². The molecule has 0 amide bonds. The first-order chi connectivity index (χ1) is 6.16. The van der Waals surface area contributed by atoms with E-state index < -0.39 is 0 Å². The summed E-state index contributed by atoms with van der Waals surface area (Å²) in [5.74, 6) is -0.184. The van der Waals surface area contributed by atoms with Crippen molar-refractivity contribution in [3.05, 3.63) is 10.4 Å². The van der Waals surface area contributed by atoms with Crippen molar-refractivity contribution in [2.24, 2.45) is 5.11 Å². The van der Waals surface area contributed by atoms with Gasteiger partial charge in [0.15, 0.2) is 0 Å². The van der Waals surface area contributed by atoms with Gasteiger partial charge in [-0.15, -0.1) is 0 Å². The number of carbonyl (C=O) groups excluding carboxylic acids is 1. The molecule has 0 saturated carbocycles. The molecule has 0 spiro atoms. The number of azide groups is 1. The van der Waals surface area contributed by atoms with E-state index in [-0.39, 0.29) is 12.1 Å². The number of unbranched alkanes of at least 4 members (excludes halogenated alkanes) is 1. The monoisotopic (exact) mass is 185 g/mol. The lowest BCUT2D eigenvalue weighted by Gasteiger charge is -2.06. The van der Waals surface area contributed by atoms with E-state index in [4.69, 9.17) is 10.3 Å². The summed E-state index contributed by atoms with van der Waals surface area (Å²) in [6.45, 7) is 4.08. The minimum atomic E-state index is -0.184. The average Bonchev–Trinajstić information content (AvgIpc) is 2.02. The highest BCUT2D eigenvalue weighted by Gasteiger charge is 2.03. The number of ether oxygens (including phenoxy) is 1. The molecule has 0 aliphatic rings. The SMILES string of the molecule is CC(C)OC(=O)CCCCN=[N+]=[N-]. The van der Waals surface area contributed by atoms with Gasteiger partial charge in [-0.25, -0.2) is 0 Å². The van der Waals surface area contributed by atoms with Crippen LogP contribution in [0.1, 0.15) is 33.1 Å². The number of carbonyl (C=O) groups is 1.